The number of carboxylic acid groups (broad SMARTS) is 1. The summed E-state index contributed by atoms with van der Waals surface area (Å²) in [7, 11) is 0. The van der Waals surface area contributed by atoms with Gasteiger partial charge in [-0.1, -0.05) is 134 Å². The van der Waals surface area contributed by atoms with E-state index < -0.39 is 5.97 Å². The number of aromatic nitrogens is 2. The smallest absolute Gasteiger partial charge is 0.346 e. The van der Waals surface area contributed by atoms with E-state index in [1.165, 1.54) is 50.3 Å². The summed E-state index contributed by atoms with van der Waals surface area (Å²) < 4.78 is 4.67. The van der Waals surface area contributed by atoms with Crippen molar-refractivity contribution >= 4 is 55.7 Å². The van der Waals surface area contributed by atoms with Crippen molar-refractivity contribution in [3.63, 3.8) is 0 Å². The van der Waals surface area contributed by atoms with E-state index in [4.69, 9.17) is 10.4 Å². The van der Waals surface area contributed by atoms with E-state index in [2.05, 4.69) is 155 Å². The molecule has 0 aliphatic rings. The molecule has 0 saturated heterocycles. The van der Waals surface area contributed by atoms with Crippen molar-refractivity contribution < 1.29 is 9.90 Å². The average Bonchev–Trinajstić information content (AvgIpc) is 3.71. The first kappa shape index (κ1) is 32.8. The highest BCUT2D eigenvalue weighted by Gasteiger charge is 2.14. The van der Waals surface area contributed by atoms with Crippen LogP contribution in [0, 0.1) is 11.3 Å². The van der Waals surface area contributed by atoms with Gasteiger partial charge in [0.25, 0.3) is 0 Å². The molecule has 8 rings (SSSR count). The minimum absolute atomic E-state index is 0.305. The van der Waals surface area contributed by atoms with Crippen molar-refractivity contribution in [2.75, 3.05) is 0 Å². The van der Waals surface area contributed by atoms with Crippen molar-refractivity contribution in [2.24, 2.45) is 0 Å². The number of carbonyl (C=O) groups is 1. The van der Waals surface area contributed by atoms with Gasteiger partial charge in [0, 0.05) is 32.9 Å². The van der Waals surface area contributed by atoms with E-state index in [1.54, 1.807) is 18.2 Å². The van der Waals surface area contributed by atoms with Gasteiger partial charge in [0.15, 0.2) is 0 Å². The average molecular weight is 684 g/mol. The molecular formula is C48H33N3O2. The van der Waals surface area contributed by atoms with Gasteiger partial charge in [0.2, 0.25) is 0 Å². The molecule has 0 bridgehead atoms. The van der Waals surface area contributed by atoms with Gasteiger partial charge < -0.3 is 14.2 Å². The first-order valence-electron chi connectivity index (χ1n) is 17.3. The van der Waals surface area contributed by atoms with Crippen LogP contribution in [-0.2, 0) is 4.79 Å². The largest absolute Gasteiger partial charge is 0.477 e. The van der Waals surface area contributed by atoms with Gasteiger partial charge in [0.1, 0.15) is 11.6 Å². The molecule has 0 aliphatic heterocycles. The Labute approximate surface area is 306 Å². The minimum Gasteiger partial charge on any atom is -0.477 e. The molecule has 0 atom stereocenters. The van der Waals surface area contributed by atoms with Gasteiger partial charge in [-0.2, -0.15) is 5.26 Å². The third kappa shape index (κ3) is 6.38. The van der Waals surface area contributed by atoms with E-state index in [0.29, 0.717) is 0 Å². The topological polar surface area (TPSA) is 71.0 Å². The van der Waals surface area contributed by atoms with Gasteiger partial charge >= 0.3 is 5.97 Å². The quantitative estimate of drug-likeness (QED) is 0.0935. The lowest BCUT2D eigenvalue weighted by molar-refractivity contribution is -0.132. The molecule has 5 nitrogen and oxygen atoms in total. The van der Waals surface area contributed by atoms with Crippen LogP contribution in [0.25, 0.3) is 72.2 Å². The van der Waals surface area contributed by atoms with Crippen molar-refractivity contribution in [3.8, 4) is 28.6 Å². The standard InChI is InChI=1S/C48H33N3O2/c49-33-37(48(52)53)15-7-5-3-1-2-4-6-14-34-22-31-47-43(32-34)42-18-10-13-21-46(42)51(47)39-29-25-36(26-30-39)35-23-27-38(28-24-35)50-44-19-11-8-16-40(44)41-17-9-12-20-45(41)50/h1-32H,(H,52,53)/b3-1+,4-2+,7-5+,14-6+,37-15+. The number of nitrogens with zero attached hydrogens (tertiary/aromatic N) is 3. The zero-order valence-corrected chi connectivity index (χ0v) is 28.7. The second-order valence-electron chi connectivity index (χ2n) is 12.6. The maximum absolute atomic E-state index is 10.9. The molecule has 0 fully saturated rings. The molecule has 0 radical (unpaired) electrons. The molecule has 8 aromatic rings. The van der Waals surface area contributed by atoms with Crippen molar-refractivity contribution in [2.45, 2.75) is 0 Å². The fourth-order valence-electron chi connectivity index (χ4n) is 6.97. The van der Waals surface area contributed by atoms with Crippen molar-refractivity contribution in [1.29, 1.82) is 5.26 Å². The second kappa shape index (κ2) is 14.4. The molecule has 252 valence electrons. The summed E-state index contributed by atoms with van der Waals surface area (Å²) in [5, 5.41) is 22.6. The molecule has 0 aliphatic carbocycles. The first-order chi connectivity index (χ1) is 26.1. The fourth-order valence-corrected chi connectivity index (χ4v) is 6.97. The third-order valence-corrected chi connectivity index (χ3v) is 9.43. The highest BCUT2D eigenvalue weighted by molar-refractivity contribution is 6.10. The summed E-state index contributed by atoms with van der Waals surface area (Å²) in [6.07, 6.45) is 16.0. The van der Waals surface area contributed by atoms with E-state index in [0.717, 1.165) is 33.5 Å². The number of rotatable bonds is 9. The minimum atomic E-state index is -1.24. The molecule has 0 saturated carbocycles. The predicted molar refractivity (Wildman–Crippen MR) is 218 cm³/mol. The lowest BCUT2D eigenvalue weighted by Gasteiger charge is -2.11. The normalized spacial score (nSPS) is 12.5. The predicted octanol–water partition coefficient (Wildman–Crippen LogP) is 11.8. The number of benzene rings is 6. The van der Waals surface area contributed by atoms with Crippen LogP contribution < -0.4 is 0 Å². The molecule has 0 unspecified atom stereocenters. The molecule has 53 heavy (non-hydrogen) atoms. The lowest BCUT2D eigenvalue weighted by atomic mass is 10.0. The molecular weight excluding hydrogens is 651 g/mol. The number of nitriles is 1. The Kier molecular flexibility index (Phi) is 8.93. The van der Waals surface area contributed by atoms with E-state index in [9.17, 15) is 4.79 Å². The Morgan fingerprint density at radius 3 is 1.43 bits per heavy atom. The summed E-state index contributed by atoms with van der Waals surface area (Å²) in [6, 6.07) is 51.6. The van der Waals surface area contributed by atoms with Crippen molar-refractivity contribution in [1.82, 2.24) is 9.13 Å². The number of hydrogen-bond acceptors (Lipinski definition) is 2. The molecule has 6 aromatic carbocycles. The molecule has 1 N–H and O–H groups in total. The SMILES string of the molecule is N#C\C(=C/C=C/C=C/C=C/C=C/c1ccc2c(c1)c1ccccc1n2-c1ccc(-c2ccc(-n3c4ccccc4c4ccccc43)cc2)cc1)C(=O)O. The Morgan fingerprint density at radius 2 is 0.943 bits per heavy atom. The zero-order valence-electron chi connectivity index (χ0n) is 28.7. The van der Waals surface area contributed by atoms with Crippen LogP contribution in [0.2, 0.25) is 0 Å². The van der Waals surface area contributed by atoms with Gasteiger partial charge in [-0.05, 0) is 77.4 Å². The monoisotopic (exact) mass is 683 g/mol. The lowest BCUT2D eigenvalue weighted by Crippen LogP contribution is -1.96. The van der Waals surface area contributed by atoms with E-state index >= 15 is 0 Å². The van der Waals surface area contributed by atoms with Crippen LogP contribution in [0.4, 0.5) is 0 Å². The van der Waals surface area contributed by atoms with Crippen molar-refractivity contribution in [3.05, 3.63) is 199 Å². The first-order valence-corrected chi connectivity index (χ1v) is 17.3. The highest BCUT2D eigenvalue weighted by Crippen LogP contribution is 2.35. The van der Waals surface area contributed by atoms with Gasteiger partial charge in [-0.15, -0.1) is 0 Å². The van der Waals surface area contributed by atoms with Crippen LogP contribution in [0.1, 0.15) is 5.56 Å². The van der Waals surface area contributed by atoms with E-state index in [1.807, 2.05) is 24.3 Å². The van der Waals surface area contributed by atoms with Gasteiger partial charge in [-0.3, -0.25) is 0 Å². The molecule has 0 spiro atoms. The number of fused-ring (bicyclic) bond motifs is 6. The van der Waals surface area contributed by atoms with Crippen LogP contribution >= 0.6 is 0 Å². The van der Waals surface area contributed by atoms with Crippen LogP contribution in [0.15, 0.2) is 194 Å². The maximum Gasteiger partial charge on any atom is 0.346 e. The maximum atomic E-state index is 10.9. The Bertz CT molecular complexity index is 2800. The Morgan fingerprint density at radius 1 is 0.509 bits per heavy atom. The number of aliphatic carboxylic acids is 1. The third-order valence-electron chi connectivity index (χ3n) is 9.43. The molecule has 0 amide bonds. The van der Waals surface area contributed by atoms with Crippen LogP contribution in [-0.4, -0.2) is 20.2 Å². The number of carboxylic acids is 1. The summed E-state index contributed by atoms with van der Waals surface area (Å²) in [5.41, 5.74) is 10.1. The molecule has 2 aromatic heterocycles. The summed E-state index contributed by atoms with van der Waals surface area (Å²) >= 11 is 0. The summed E-state index contributed by atoms with van der Waals surface area (Å²) in [4.78, 5) is 10.9. The highest BCUT2D eigenvalue weighted by atomic mass is 16.4. The molecule has 5 heteroatoms. The van der Waals surface area contributed by atoms with E-state index in [-0.39, 0.29) is 5.57 Å². The Hall–Kier alpha value is -7.42. The molecule has 2 heterocycles. The number of para-hydroxylation sites is 3. The Balaban J connectivity index is 1.03. The van der Waals surface area contributed by atoms with Gasteiger partial charge in [0.05, 0.1) is 22.1 Å². The van der Waals surface area contributed by atoms with Crippen LogP contribution in [0.3, 0.4) is 0 Å². The number of allylic oxidation sites excluding steroid dienone is 8. The second-order valence-corrected chi connectivity index (χ2v) is 12.6. The van der Waals surface area contributed by atoms with Gasteiger partial charge in [-0.25, -0.2) is 4.79 Å². The zero-order chi connectivity index (χ0) is 36.1. The summed E-state index contributed by atoms with van der Waals surface area (Å²) in [5.74, 6) is -1.24. The van der Waals surface area contributed by atoms with Crippen LogP contribution in [0.5, 0.6) is 0 Å². The fraction of sp³-hybridized carbons (Fsp3) is 0. The number of hydrogen-bond donors (Lipinski definition) is 1. The summed E-state index contributed by atoms with van der Waals surface area (Å²) in [6.45, 7) is 0.